The summed E-state index contributed by atoms with van der Waals surface area (Å²) in [6.07, 6.45) is 1.82. The topological polar surface area (TPSA) is 59.1 Å². The van der Waals surface area contributed by atoms with Crippen LogP contribution in [0.4, 0.5) is 0 Å². The van der Waals surface area contributed by atoms with Crippen molar-refractivity contribution in [3.63, 3.8) is 0 Å². The molecule has 2 heterocycles. The van der Waals surface area contributed by atoms with Crippen LogP contribution in [0.2, 0.25) is 0 Å². The van der Waals surface area contributed by atoms with Crippen LogP contribution in [0.3, 0.4) is 0 Å². The first kappa shape index (κ1) is 18.9. The molecule has 2 aliphatic heterocycles. The highest BCUT2D eigenvalue weighted by Crippen LogP contribution is 2.23. The molecule has 0 aliphatic carbocycles. The first-order chi connectivity index (χ1) is 12.6. The quantitative estimate of drug-likeness (QED) is 0.773. The largest absolute Gasteiger partial charge is 0.375 e. The van der Waals surface area contributed by atoms with E-state index in [0.29, 0.717) is 32.8 Å². The lowest BCUT2D eigenvalue weighted by Gasteiger charge is -2.42. The molecule has 2 saturated heterocycles. The molecule has 1 aromatic rings. The Balaban J connectivity index is 1.43. The van der Waals surface area contributed by atoms with Gasteiger partial charge in [-0.05, 0) is 30.9 Å². The molecule has 2 amide bonds. The molecule has 6 nitrogen and oxygen atoms in total. The summed E-state index contributed by atoms with van der Waals surface area (Å²) in [6.45, 7) is 5.26. The number of piperidine rings is 1. The Kier molecular flexibility index (Phi) is 6.27. The van der Waals surface area contributed by atoms with Crippen molar-refractivity contribution < 1.29 is 19.1 Å². The second-order valence-electron chi connectivity index (χ2n) is 7.21. The molecule has 142 valence electrons. The lowest BCUT2D eigenvalue weighted by molar-refractivity contribution is -0.153. The van der Waals surface area contributed by atoms with Gasteiger partial charge < -0.3 is 19.3 Å². The van der Waals surface area contributed by atoms with Gasteiger partial charge in [0.2, 0.25) is 11.8 Å². The zero-order chi connectivity index (χ0) is 18.5. The summed E-state index contributed by atoms with van der Waals surface area (Å²) < 4.78 is 10.8. The molecule has 0 N–H and O–H groups in total. The van der Waals surface area contributed by atoms with Gasteiger partial charge in [-0.2, -0.15) is 0 Å². The molecular weight excluding hydrogens is 332 g/mol. The highest BCUT2D eigenvalue weighted by atomic mass is 16.5. The van der Waals surface area contributed by atoms with Gasteiger partial charge in [-0.3, -0.25) is 9.59 Å². The molecule has 3 rings (SSSR count). The minimum atomic E-state index is -0.0955. The summed E-state index contributed by atoms with van der Waals surface area (Å²) >= 11 is 0. The predicted molar refractivity (Wildman–Crippen MR) is 97.5 cm³/mol. The van der Waals surface area contributed by atoms with E-state index >= 15 is 0 Å². The van der Waals surface area contributed by atoms with E-state index in [1.807, 2.05) is 17.0 Å². The summed E-state index contributed by atoms with van der Waals surface area (Å²) in [6, 6.07) is 8.19. The number of likely N-dealkylation sites (tertiary alicyclic amines) is 2. The third-order valence-corrected chi connectivity index (χ3v) is 5.29. The normalized spacial score (nSPS) is 20.8. The fraction of sp³-hybridized carbons (Fsp3) is 0.600. The van der Waals surface area contributed by atoms with Crippen molar-refractivity contribution in [2.24, 2.45) is 5.92 Å². The van der Waals surface area contributed by atoms with E-state index in [4.69, 9.17) is 9.47 Å². The van der Waals surface area contributed by atoms with Crippen LogP contribution in [-0.2, 0) is 25.7 Å². The molecule has 2 aliphatic rings. The van der Waals surface area contributed by atoms with Gasteiger partial charge in [0, 0.05) is 33.3 Å². The molecule has 0 aromatic heterocycles. The van der Waals surface area contributed by atoms with Gasteiger partial charge in [-0.15, -0.1) is 0 Å². The summed E-state index contributed by atoms with van der Waals surface area (Å²) in [5, 5.41) is 0. The van der Waals surface area contributed by atoms with Crippen LogP contribution in [0.25, 0.3) is 0 Å². The smallest absolute Gasteiger partial charge is 0.248 e. The highest BCUT2D eigenvalue weighted by molar-refractivity contribution is 5.82. The molecule has 6 heteroatoms. The molecule has 0 bridgehead atoms. The van der Waals surface area contributed by atoms with Gasteiger partial charge in [-0.25, -0.2) is 0 Å². The minimum Gasteiger partial charge on any atom is -0.375 e. The van der Waals surface area contributed by atoms with Crippen molar-refractivity contribution in [2.45, 2.75) is 32.5 Å². The molecular formula is C20H28N2O4. The Morgan fingerprint density at radius 3 is 2.65 bits per heavy atom. The van der Waals surface area contributed by atoms with E-state index in [9.17, 15) is 9.59 Å². The molecule has 1 atom stereocenters. The first-order valence-corrected chi connectivity index (χ1v) is 9.30. The van der Waals surface area contributed by atoms with E-state index in [0.717, 1.165) is 12.8 Å². The predicted octanol–water partition coefficient (Wildman–Crippen LogP) is 1.61. The van der Waals surface area contributed by atoms with Crippen LogP contribution in [0.5, 0.6) is 0 Å². The highest BCUT2D eigenvalue weighted by Gasteiger charge is 2.37. The summed E-state index contributed by atoms with van der Waals surface area (Å²) in [5.41, 5.74) is 2.42. The SMILES string of the molecule is COCC(=O)N1CCC[C@@H](C(=O)N2CC(OCc3ccccc3C)C2)C1. The maximum absolute atomic E-state index is 12.7. The van der Waals surface area contributed by atoms with Gasteiger partial charge >= 0.3 is 0 Å². The van der Waals surface area contributed by atoms with E-state index in [2.05, 4.69) is 19.1 Å². The maximum Gasteiger partial charge on any atom is 0.248 e. The van der Waals surface area contributed by atoms with Crippen molar-refractivity contribution in [1.82, 2.24) is 9.80 Å². The first-order valence-electron chi connectivity index (χ1n) is 9.30. The Hall–Kier alpha value is -1.92. The molecule has 1 aromatic carbocycles. The zero-order valence-corrected chi connectivity index (χ0v) is 15.6. The number of benzene rings is 1. The average Bonchev–Trinajstić information content (AvgIpc) is 2.62. The third kappa shape index (κ3) is 4.43. The molecule has 0 radical (unpaired) electrons. The Morgan fingerprint density at radius 2 is 1.92 bits per heavy atom. The number of amides is 2. The van der Waals surface area contributed by atoms with E-state index in [1.165, 1.54) is 18.2 Å². The number of rotatable bonds is 6. The lowest BCUT2D eigenvalue weighted by atomic mass is 9.94. The fourth-order valence-electron chi connectivity index (χ4n) is 3.58. The number of nitrogens with zero attached hydrogens (tertiary/aromatic N) is 2. The Labute approximate surface area is 155 Å². The summed E-state index contributed by atoms with van der Waals surface area (Å²) in [4.78, 5) is 28.3. The number of aryl methyl sites for hydroxylation is 1. The molecule has 0 spiro atoms. The van der Waals surface area contributed by atoms with Crippen molar-refractivity contribution in [3.05, 3.63) is 35.4 Å². The maximum atomic E-state index is 12.7. The van der Waals surface area contributed by atoms with Crippen LogP contribution in [-0.4, -0.2) is 67.6 Å². The second kappa shape index (κ2) is 8.64. The van der Waals surface area contributed by atoms with Gasteiger partial charge in [-0.1, -0.05) is 24.3 Å². The Morgan fingerprint density at radius 1 is 1.15 bits per heavy atom. The Bertz CT molecular complexity index is 642. The zero-order valence-electron chi connectivity index (χ0n) is 15.6. The standard InChI is InChI=1S/C20H28N2O4/c1-15-6-3-4-7-17(15)13-26-18-11-22(12-18)20(24)16-8-5-9-21(10-16)19(23)14-25-2/h3-4,6-7,16,18H,5,8-14H2,1-2H3/t16-/m1/s1. The monoisotopic (exact) mass is 360 g/mol. The minimum absolute atomic E-state index is 0.0342. The van der Waals surface area contributed by atoms with Crippen LogP contribution < -0.4 is 0 Å². The summed E-state index contributed by atoms with van der Waals surface area (Å²) in [7, 11) is 1.52. The van der Waals surface area contributed by atoms with Gasteiger partial charge in [0.15, 0.2) is 0 Å². The fourth-order valence-corrected chi connectivity index (χ4v) is 3.58. The van der Waals surface area contributed by atoms with Gasteiger partial charge in [0.25, 0.3) is 0 Å². The number of hydrogen-bond acceptors (Lipinski definition) is 4. The van der Waals surface area contributed by atoms with E-state index in [-0.39, 0.29) is 30.4 Å². The number of ether oxygens (including phenoxy) is 2. The van der Waals surface area contributed by atoms with Crippen molar-refractivity contribution in [3.8, 4) is 0 Å². The average molecular weight is 360 g/mol. The van der Waals surface area contributed by atoms with E-state index < -0.39 is 0 Å². The van der Waals surface area contributed by atoms with Crippen LogP contribution in [0.1, 0.15) is 24.0 Å². The summed E-state index contributed by atoms with van der Waals surface area (Å²) in [5.74, 6) is 0.0191. The van der Waals surface area contributed by atoms with Crippen LogP contribution in [0.15, 0.2) is 24.3 Å². The molecule has 0 saturated carbocycles. The van der Waals surface area contributed by atoms with Crippen molar-refractivity contribution in [2.75, 3.05) is 39.9 Å². The van der Waals surface area contributed by atoms with Gasteiger partial charge in [0.1, 0.15) is 6.61 Å². The number of carbonyl (C=O) groups is 2. The number of hydrogen-bond donors (Lipinski definition) is 0. The van der Waals surface area contributed by atoms with Crippen molar-refractivity contribution >= 4 is 11.8 Å². The lowest BCUT2D eigenvalue weighted by Crippen LogP contribution is -2.58. The van der Waals surface area contributed by atoms with Gasteiger partial charge in [0.05, 0.1) is 18.6 Å². The molecule has 0 unspecified atom stereocenters. The van der Waals surface area contributed by atoms with Crippen LogP contribution >= 0.6 is 0 Å². The molecule has 2 fully saturated rings. The number of methoxy groups -OCH3 is 1. The third-order valence-electron chi connectivity index (χ3n) is 5.29. The van der Waals surface area contributed by atoms with E-state index in [1.54, 1.807) is 4.90 Å². The van der Waals surface area contributed by atoms with Crippen LogP contribution in [0, 0.1) is 12.8 Å². The molecule has 26 heavy (non-hydrogen) atoms. The van der Waals surface area contributed by atoms with Crippen molar-refractivity contribution in [1.29, 1.82) is 0 Å². The second-order valence-corrected chi connectivity index (χ2v) is 7.21. The number of carbonyl (C=O) groups excluding carboxylic acids is 2.